The minimum Gasteiger partial charge on any atom is -0.495 e. The minimum absolute atomic E-state index is 0.0516. The van der Waals surface area contributed by atoms with Gasteiger partial charge in [-0.3, -0.25) is 0 Å². The van der Waals surface area contributed by atoms with Gasteiger partial charge in [0.2, 0.25) is 0 Å². The molecule has 2 heterocycles. The van der Waals surface area contributed by atoms with E-state index in [1.165, 1.54) is 11.1 Å². The zero-order chi connectivity index (χ0) is 17.9. The third-order valence-electron chi connectivity index (χ3n) is 5.24. The molecule has 4 rings (SSSR count). The number of nitrogens with one attached hydrogen (secondary N) is 1. The zero-order valence-corrected chi connectivity index (χ0v) is 15.1. The molecular weight excluding hydrogens is 328 g/mol. The van der Waals surface area contributed by atoms with E-state index in [9.17, 15) is 4.79 Å². The van der Waals surface area contributed by atoms with E-state index in [-0.39, 0.29) is 6.03 Å². The van der Waals surface area contributed by atoms with Gasteiger partial charge in [0.15, 0.2) is 0 Å². The average molecular weight is 352 g/mol. The summed E-state index contributed by atoms with van der Waals surface area (Å²) in [5.41, 5.74) is 3.39. The SMILES string of the molecule is COc1ccc2c(c1NC(=O)N1CCN(c3ccccn3)CC1)CCC2. The largest absolute Gasteiger partial charge is 0.495 e. The Morgan fingerprint density at radius 3 is 2.69 bits per heavy atom. The first-order valence-electron chi connectivity index (χ1n) is 9.17. The molecule has 136 valence electrons. The van der Waals surface area contributed by atoms with E-state index >= 15 is 0 Å². The monoisotopic (exact) mass is 352 g/mol. The Hall–Kier alpha value is -2.76. The van der Waals surface area contributed by atoms with Gasteiger partial charge in [0.05, 0.1) is 12.8 Å². The Kier molecular flexibility index (Phi) is 4.65. The van der Waals surface area contributed by atoms with Crippen LogP contribution in [0.2, 0.25) is 0 Å². The highest BCUT2D eigenvalue weighted by Crippen LogP contribution is 2.36. The van der Waals surface area contributed by atoms with Crippen LogP contribution in [0.4, 0.5) is 16.3 Å². The van der Waals surface area contributed by atoms with Crippen molar-refractivity contribution in [2.75, 3.05) is 43.5 Å². The lowest BCUT2D eigenvalue weighted by Gasteiger charge is -2.35. The van der Waals surface area contributed by atoms with E-state index in [2.05, 4.69) is 21.3 Å². The number of nitrogens with zero attached hydrogens (tertiary/aromatic N) is 3. The van der Waals surface area contributed by atoms with Gasteiger partial charge in [0.1, 0.15) is 11.6 Å². The standard InChI is InChI=1S/C20H24N4O2/c1-26-17-9-8-15-5-4-6-16(15)19(17)22-20(25)24-13-11-23(12-14-24)18-7-2-3-10-21-18/h2-3,7-10H,4-6,11-14H2,1H3,(H,22,25). The van der Waals surface area contributed by atoms with E-state index in [0.717, 1.165) is 49.6 Å². The van der Waals surface area contributed by atoms with Crippen LogP contribution in [0.5, 0.6) is 5.75 Å². The second kappa shape index (κ2) is 7.23. The van der Waals surface area contributed by atoms with Gasteiger partial charge in [-0.15, -0.1) is 0 Å². The normalized spacial score (nSPS) is 16.3. The first kappa shape index (κ1) is 16.7. The molecule has 0 bridgehead atoms. The number of rotatable bonds is 3. The number of urea groups is 1. The number of piperazine rings is 1. The first-order chi connectivity index (χ1) is 12.8. The summed E-state index contributed by atoms with van der Waals surface area (Å²) in [5, 5.41) is 3.11. The first-order valence-corrected chi connectivity index (χ1v) is 9.17. The third-order valence-corrected chi connectivity index (χ3v) is 5.24. The molecule has 1 aliphatic carbocycles. The predicted octanol–water partition coefficient (Wildman–Crippen LogP) is 2.93. The van der Waals surface area contributed by atoms with Crippen molar-refractivity contribution in [1.29, 1.82) is 0 Å². The number of aryl methyl sites for hydroxylation is 1. The smallest absolute Gasteiger partial charge is 0.322 e. The summed E-state index contributed by atoms with van der Waals surface area (Å²) in [6, 6.07) is 9.93. The number of fused-ring (bicyclic) bond motifs is 1. The molecule has 0 radical (unpaired) electrons. The molecule has 6 nitrogen and oxygen atoms in total. The summed E-state index contributed by atoms with van der Waals surface area (Å²) in [6.45, 7) is 2.93. The number of methoxy groups -OCH3 is 1. The highest BCUT2D eigenvalue weighted by Gasteiger charge is 2.25. The fourth-order valence-corrected chi connectivity index (χ4v) is 3.82. The molecule has 0 atom stereocenters. The number of aromatic nitrogens is 1. The summed E-state index contributed by atoms with van der Waals surface area (Å²) in [4.78, 5) is 21.3. The molecule has 1 aromatic carbocycles. The number of hydrogen-bond acceptors (Lipinski definition) is 4. The van der Waals surface area contributed by atoms with Gasteiger partial charge in [-0.05, 0) is 48.6 Å². The summed E-state index contributed by atoms with van der Waals surface area (Å²) in [7, 11) is 1.65. The molecule has 0 spiro atoms. The lowest BCUT2D eigenvalue weighted by atomic mass is 10.1. The maximum Gasteiger partial charge on any atom is 0.322 e. The van der Waals surface area contributed by atoms with Crippen LogP contribution in [0, 0.1) is 0 Å². The van der Waals surface area contributed by atoms with Crippen molar-refractivity contribution in [1.82, 2.24) is 9.88 Å². The molecular formula is C20H24N4O2. The molecule has 1 fully saturated rings. The Morgan fingerprint density at radius 1 is 1.12 bits per heavy atom. The Morgan fingerprint density at radius 2 is 1.96 bits per heavy atom. The van der Waals surface area contributed by atoms with E-state index in [1.807, 2.05) is 29.2 Å². The lowest BCUT2D eigenvalue weighted by Crippen LogP contribution is -2.50. The molecule has 2 aliphatic rings. The number of anilines is 2. The summed E-state index contributed by atoms with van der Waals surface area (Å²) in [5.74, 6) is 1.71. The van der Waals surface area contributed by atoms with Crippen molar-refractivity contribution < 1.29 is 9.53 Å². The Labute approximate surface area is 153 Å². The summed E-state index contributed by atoms with van der Waals surface area (Å²) in [6.07, 6.45) is 5.01. The highest BCUT2D eigenvalue weighted by molar-refractivity contribution is 5.92. The van der Waals surface area contributed by atoms with Crippen molar-refractivity contribution in [3.63, 3.8) is 0 Å². The van der Waals surface area contributed by atoms with Gasteiger partial charge in [-0.1, -0.05) is 12.1 Å². The van der Waals surface area contributed by atoms with Gasteiger partial charge in [0, 0.05) is 32.4 Å². The van der Waals surface area contributed by atoms with Crippen LogP contribution in [0.1, 0.15) is 17.5 Å². The molecule has 1 N–H and O–H groups in total. The number of pyridine rings is 1. The predicted molar refractivity (Wildman–Crippen MR) is 102 cm³/mol. The van der Waals surface area contributed by atoms with Crippen LogP contribution in [0.15, 0.2) is 36.5 Å². The van der Waals surface area contributed by atoms with Crippen molar-refractivity contribution >= 4 is 17.5 Å². The maximum atomic E-state index is 12.8. The van der Waals surface area contributed by atoms with E-state index in [0.29, 0.717) is 13.1 Å². The van der Waals surface area contributed by atoms with Crippen LogP contribution < -0.4 is 15.0 Å². The van der Waals surface area contributed by atoms with Crippen molar-refractivity contribution in [3.8, 4) is 5.75 Å². The second-order valence-electron chi connectivity index (χ2n) is 6.73. The van der Waals surface area contributed by atoms with Crippen molar-refractivity contribution in [3.05, 3.63) is 47.7 Å². The maximum absolute atomic E-state index is 12.8. The van der Waals surface area contributed by atoms with Crippen LogP contribution >= 0.6 is 0 Å². The summed E-state index contributed by atoms with van der Waals surface area (Å²) >= 11 is 0. The molecule has 0 saturated carbocycles. The van der Waals surface area contributed by atoms with Crippen molar-refractivity contribution in [2.45, 2.75) is 19.3 Å². The van der Waals surface area contributed by atoms with Crippen LogP contribution in [0.3, 0.4) is 0 Å². The van der Waals surface area contributed by atoms with Gasteiger partial charge in [0.25, 0.3) is 0 Å². The number of carbonyl (C=O) groups excluding carboxylic acids is 1. The fourth-order valence-electron chi connectivity index (χ4n) is 3.82. The van der Waals surface area contributed by atoms with Crippen LogP contribution in [0.25, 0.3) is 0 Å². The molecule has 1 aliphatic heterocycles. The Bertz CT molecular complexity index is 786. The molecule has 6 heteroatoms. The van der Waals surface area contributed by atoms with Crippen molar-refractivity contribution in [2.24, 2.45) is 0 Å². The van der Waals surface area contributed by atoms with Gasteiger partial charge in [-0.2, -0.15) is 0 Å². The number of benzene rings is 1. The van der Waals surface area contributed by atoms with E-state index in [1.54, 1.807) is 13.3 Å². The lowest BCUT2D eigenvalue weighted by molar-refractivity contribution is 0.208. The number of amides is 2. The molecule has 2 amide bonds. The van der Waals surface area contributed by atoms with Gasteiger partial charge >= 0.3 is 6.03 Å². The van der Waals surface area contributed by atoms with Crippen LogP contribution in [-0.4, -0.2) is 49.2 Å². The molecule has 26 heavy (non-hydrogen) atoms. The average Bonchev–Trinajstić information content (AvgIpc) is 3.18. The van der Waals surface area contributed by atoms with Crippen LogP contribution in [-0.2, 0) is 12.8 Å². The highest BCUT2D eigenvalue weighted by atomic mass is 16.5. The minimum atomic E-state index is -0.0516. The molecule has 1 saturated heterocycles. The quantitative estimate of drug-likeness (QED) is 0.923. The van der Waals surface area contributed by atoms with E-state index < -0.39 is 0 Å². The van der Waals surface area contributed by atoms with Gasteiger partial charge < -0.3 is 19.9 Å². The molecule has 1 aromatic heterocycles. The second-order valence-corrected chi connectivity index (χ2v) is 6.73. The fraction of sp³-hybridized carbons (Fsp3) is 0.400. The number of ether oxygens (including phenoxy) is 1. The van der Waals surface area contributed by atoms with E-state index in [4.69, 9.17) is 4.74 Å². The Balaban J connectivity index is 1.43. The number of carbonyl (C=O) groups is 1. The number of hydrogen-bond donors (Lipinski definition) is 1. The molecule has 0 unspecified atom stereocenters. The topological polar surface area (TPSA) is 57.7 Å². The third kappa shape index (κ3) is 3.19. The van der Waals surface area contributed by atoms with Gasteiger partial charge in [-0.25, -0.2) is 9.78 Å². The summed E-state index contributed by atoms with van der Waals surface area (Å²) < 4.78 is 5.48. The molecule has 2 aromatic rings. The zero-order valence-electron chi connectivity index (χ0n) is 15.1.